The number of nitrogens with zero attached hydrogens (tertiary/aromatic N) is 2. The summed E-state index contributed by atoms with van der Waals surface area (Å²) in [6, 6.07) is 11.3. The van der Waals surface area contributed by atoms with E-state index in [1.807, 2.05) is 6.07 Å². The molecule has 3 aliphatic rings. The molecule has 3 nitrogen and oxygen atoms in total. The van der Waals surface area contributed by atoms with E-state index >= 15 is 0 Å². The van der Waals surface area contributed by atoms with Crippen molar-refractivity contribution in [2.75, 3.05) is 13.1 Å². The predicted octanol–water partition coefficient (Wildman–Crippen LogP) is 3.05. The van der Waals surface area contributed by atoms with Crippen molar-refractivity contribution in [3.05, 3.63) is 35.9 Å². The molecular weight excluding hydrogens is 272 g/mol. The Hall–Kier alpha value is -1.35. The van der Waals surface area contributed by atoms with Crippen molar-refractivity contribution in [3.63, 3.8) is 0 Å². The third kappa shape index (κ3) is 2.67. The lowest BCUT2D eigenvalue weighted by Gasteiger charge is -2.48. The number of benzene rings is 1. The van der Waals surface area contributed by atoms with Crippen LogP contribution in [0.5, 0.6) is 0 Å². The van der Waals surface area contributed by atoms with Gasteiger partial charge in [0.15, 0.2) is 0 Å². The molecule has 3 fully saturated rings. The fourth-order valence-electron chi connectivity index (χ4n) is 4.70. The molecule has 0 N–H and O–H groups in total. The summed E-state index contributed by atoms with van der Waals surface area (Å²) in [5, 5.41) is 0. The van der Waals surface area contributed by atoms with Crippen molar-refractivity contribution >= 4 is 5.91 Å². The molecule has 4 rings (SSSR count). The lowest BCUT2D eigenvalue weighted by Crippen LogP contribution is -2.60. The monoisotopic (exact) mass is 298 g/mol. The molecule has 1 saturated carbocycles. The van der Waals surface area contributed by atoms with Crippen LogP contribution in [0.3, 0.4) is 0 Å². The summed E-state index contributed by atoms with van der Waals surface area (Å²) in [5.74, 6) is 1.09. The Bertz CT molecular complexity index is 523. The molecule has 118 valence electrons. The van der Waals surface area contributed by atoms with E-state index in [0.717, 1.165) is 26.1 Å². The Morgan fingerprint density at radius 2 is 1.82 bits per heavy atom. The van der Waals surface area contributed by atoms with Gasteiger partial charge in [0.1, 0.15) is 0 Å². The first-order valence-corrected chi connectivity index (χ1v) is 8.90. The number of fused-ring (bicyclic) bond motifs is 2. The van der Waals surface area contributed by atoms with Crippen molar-refractivity contribution in [1.29, 1.82) is 0 Å². The molecule has 22 heavy (non-hydrogen) atoms. The van der Waals surface area contributed by atoms with Crippen LogP contribution in [0.1, 0.15) is 44.1 Å². The Morgan fingerprint density at radius 3 is 2.59 bits per heavy atom. The van der Waals surface area contributed by atoms with Crippen molar-refractivity contribution < 1.29 is 4.79 Å². The van der Waals surface area contributed by atoms with Gasteiger partial charge in [0.05, 0.1) is 6.04 Å². The molecule has 2 saturated heterocycles. The number of likely N-dealkylation sites (tertiary alicyclic amines) is 2. The Labute approximate surface area is 133 Å². The van der Waals surface area contributed by atoms with Crippen molar-refractivity contribution in [3.8, 4) is 0 Å². The van der Waals surface area contributed by atoms with E-state index in [1.54, 1.807) is 0 Å². The number of carbonyl (C=O) groups is 1. The molecule has 2 heterocycles. The number of hydrogen-bond donors (Lipinski definition) is 0. The minimum atomic E-state index is 0.166. The summed E-state index contributed by atoms with van der Waals surface area (Å²) in [6.07, 6.45) is 7.66. The van der Waals surface area contributed by atoms with Gasteiger partial charge in [-0.25, -0.2) is 0 Å². The van der Waals surface area contributed by atoms with Gasteiger partial charge in [-0.15, -0.1) is 0 Å². The number of piperidine rings is 2. The van der Waals surface area contributed by atoms with Crippen LogP contribution < -0.4 is 0 Å². The fourth-order valence-corrected chi connectivity index (χ4v) is 4.70. The molecular formula is C19H26N2O. The predicted molar refractivity (Wildman–Crippen MR) is 87.3 cm³/mol. The molecule has 2 bridgehead atoms. The van der Waals surface area contributed by atoms with Crippen molar-refractivity contribution in [1.82, 2.24) is 9.80 Å². The van der Waals surface area contributed by atoms with E-state index in [4.69, 9.17) is 0 Å². The minimum absolute atomic E-state index is 0.166. The normalized spacial score (nSPS) is 30.0. The number of rotatable bonds is 3. The molecule has 0 unspecified atom stereocenters. The van der Waals surface area contributed by atoms with Gasteiger partial charge in [-0.05, 0) is 43.7 Å². The zero-order valence-corrected chi connectivity index (χ0v) is 13.3. The molecule has 0 spiro atoms. The highest BCUT2D eigenvalue weighted by Crippen LogP contribution is 2.35. The molecule has 2 aliphatic heterocycles. The maximum absolute atomic E-state index is 13.0. The van der Waals surface area contributed by atoms with E-state index in [1.165, 1.54) is 37.7 Å². The first kappa shape index (κ1) is 14.3. The topological polar surface area (TPSA) is 23.6 Å². The summed E-state index contributed by atoms with van der Waals surface area (Å²) in [7, 11) is 0. The third-order valence-electron chi connectivity index (χ3n) is 5.84. The van der Waals surface area contributed by atoms with Crippen LogP contribution in [-0.4, -0.2) is 40.9 Å². The summed E-state index contributed by atoms with van der Waals surface area (Å²) in [4.78, 5) is 17.7. The van der Waals surface area contributed by atoms with Crippen LogP contribution in [0, 0.1) is 5.92 Å². The highest BCUT2D eigenvalue weighted by atomic mass is 16.2. The lowest BCUT2D eigenvalue weighted by molar-refractivity contribution is -0.148. The Balaban J connectivity index is 1.50. The van der Waals surface area contributed by atoms with E-state index < -0.39 is 0 Å². The van der Waals surface area contributed by atoms with Crippen LogP contribution in [0.4, 0.5) is 0 Å². The largest absolute Gasteiger partial charge is 0.337 e. The van der Waals surface area contributed by atoms with Gasteiger partial charge >= 0.3 is 0 Å². The van der Waals surface area contributed by atoms with E-state index in [2.05, 4.69) is 34.1 Å². The van der Waals surface area contributed by atoms with Gasteiger partial charge in [0.2, 0.25) is 5.91 Å². The van der Waals surface area contributed by atoms with Crippen LogP contribution >= 0.6 is 0 Å². The van der Waals surface area contributed by atoms with E-state index in [-0.39, 0.29) is 6.04 Å². The van der Waals surface area contributed by atoms with Crippen LogP contribution in [0.2, 0.25) is 0 Å². The molecule has 0 aromatic heterocycles. The van der Waals surface area contributed by atoms with E-state index in [0.29, 0.717) is 17.9 Å². The zero-order chi connectivity index (χ0) is 14.9. The van der Waals surface area contributed by atoms with Gasteiger partial charge < -0.3 is 4.90 Å². The standard InChI is InChI=1S/C19H26N2O/c22-19-18-12-16(10-11-21(18)17-8-4-5-9-17)14-20(19)13-15-6-2-1-3-7-15/h1-3,6-7,16-18H,4-5,8-14H2/t16-,18+/m0/s1. The molecule has 3 heteroatoms. The number of hydrogen-bond acceptors (Lipinski definition) is 2. The summed E-state index contributed by atoms with van der Waals surface area (Å²) < 4.78 is 0. The Morgan fingerprint density at radius 1 is 1.05 bits per heavy atom. The molecule has 0 radical (unpaired) electrons. The van der Waals surface area contributed by atoms with Crippen LogP contribution in [0.25, 0.3) is 0 Å². The van der Waals surface area contributed by atoms with Gasteiger partial charge in [0.25, 0.3) is 0 Å². The summed E-state index contributed by atoms with van der Waals surface area (Å²) in [6.45, 7) is 2.89. The van der Waals surface area contributed by atoms with Crippen LogP contribution in [-0.2, 0) is 11.3 Å². The highest BCUT2D eigenvalue weighted by molar-refractivity contribution is 5.83. The lowest BCUT2D eigenvalue weighted by atomic mass is 9.84. The van der Waals surface area contributed by atoms with Crippen molar-refractivity contribution in [2.45, 2.75) is 57.2 Å². The van der Waals surface area contributed by atoms with Crippen LogP contribution in [0.15, 0.2) is 30.3 Å². The molecule has 1 aromatic carbocycles. The average molecular weight is 298 g/mol. The second-order valence-corrected chi connectivity index (χ2v) is 7.29. The highest BCUT2D eigenvalue weighted by Gasteiger charge is 2.43. The van der Waals surface area contributed by atoms with Gasteiger partial charge in [-0.1, -0.05) is 43.2 Å². The zero-order valence-electron chi connectivity index (χ0n) is 13.3. The maximum Gasteiger partial charge on any atom is 0.240 e. The van der Waals surface area contributed by atoms with E-state index in [9.17, 15) is 4.79 Å². The molecule has 2 atom stereocenters. The summed E-state index contributed by atoms with van der Waals surface area (Å²) >= 11 is 0. The van der Waals surface area contributed by atoms with Crippen molar-refractivity contribution in [2.24, 2.45) is 5.92 Å². The first-order valence-electron chi connectivity index (χ1n) is 8.90. The molecule has 1 aromatic rings. The maximum atomic E-state index is 13.0. The van der Waals surface area contributed by atoms with Gasteiger partial charge in [-0.2, -0.15) is 0 Å². The molecule has 1 aliphatic carbocycles. The fraction of sp³-hybridized carbons (Fsp3) is 0.632. The minimum Gasteiger partial charge on any atom is -0.337 e. The quantitative estimate of drug-likeness (QED) is 0.856. The number of carbonyl (C=O) groups excluding carboxylic acids is 1. The number of amides is 1. The Kier molecular flexibility index (Phi) is 3.91. The van der Waals surface area contributed by atoms with Gasteiger partial charge in [0, 0.05) is 19.1 Å². The second-order valence-electron chi connectivity index (χ2n) is 7.29. The first-order chi connectivity index (χ1) is 10.8. The SMILES string of the molecule is O=C1[C@H]2C[C@H](CCN2C2CCCC2)CN1Cc1ccccc1. The third-order valence-corrected chi connectivity index (χ3v) is 5.84. The smallest absolute Gasteiger partial charge is 0.240 e. The average Bonchev–Trinajstić information content (AvgIpc) is 3.08. The molecule has 1 amide bonds. The second kappa shape index (κ2) is 6.04. The van der Waals surface area contributed by atoms with Gasteiger partial charge in [-0.3, -0.25) is 9.69 Å². The summed E-state index contributed by atoms with van der Waals surface area (Å²) in [5.41, 5.74) is 1.25.